The normalized spacial score (nSPS) is 15.3. The van der Waals surface area contributed by atoms with Gasteiger partial charge >= 0.3 is 0 Å². The van der Waals surface area contributed by atoms with E-state index >= 15 is 0 Å². The van der Waals surface area contributed by atoms with Gasteiger partial charge in [0.1, 0.15) is 5.75 Å². The van der Waals surface area contributed by atoms with Crippen molar-refractivity contribution < 1.29 is 13.2 Å². The van der Waals surface area contributed by atoms with Crippen molar-refractivity contribution in [1.82, 2.24) is 4.72 Å². The molecule has 0 unspecified atom stereocenters. The van der Waals surface area contributed by atoms with Crippen molar-refractivity contribution in [1.29, 1.82) is 0 Å². The highest BCUT2D eigenvalue weighted by atomic mass is 32.2. The number of fused-ring (bicyclic) bond motifs is 1. The van der Waals surface area contributed by atoms with Crippen LogP contribution in [0, 0.1) is 13.8 Å². The minimum absolute atomic E-state index is 0.232. The summed E-state index contributed by atoms with van der Waals surface area (Å²) in [5, 5.41) is 0. The molecule has 2 aromatic rings. The molecule has 1 N–H and O–H groups in total. The van der Waals surface area contributed by atoms with Gasteiger partial charge in [0.05, 0.1) is 12.0 Å². The zero-order chi connectivity index (χ0) is 19.6. The van der Waals surface area contributed by atoms with E-state index in [-0.39, 0.29) is 6.04 Å². The summed E-state index contributed by atoms with van der Waals surface area (Å²) in [6.45, 7) is 5.67. The molecular weight excluding hydrogens is 358 g/mol. The molecule has 0 saturated heterocycles. The largest absolute Gasteiger partial charge is 0.496 e. The summed E-state index contributed by atoms with van der Waals surface area (Å²) in [7, 11) is -2.03. The molecule has 0 heterocycles. The second kappa shape index (κ2) is 8.03. The zero-order valence-corrected chi connectivity index (χ0v) is 17.4. The number of methoxy groups -OCH3 is 1. The molecule has 0 radical (unpaired) electrons. The fourth-order valence-corrected chi connectivity index (χ4v) is 5.50. The van der Waals surface area contributed by atoms with Gasteiger partial charge in [-0.3, -0.25) is 0 Å². The summed E-state index contributed by atoms with van der Waals surface area (Å²) in [4.78, 5) is 0.317. The monoisotopic (exact) mass is 387 g/mol. The zero-order valence-electron chi connectivity index (χ0n) is 16.6. The van der Waals surface area contributed by atoms with E-state index in [2.05, 4.69) is 22.9 Å². The van der Waals surface area contributed by atoms with E-state index in [9.17, 15) is 8.42 Å². The molecule has 0 bridgehead atoms. The maximum Gasteiger partial charge on any atom is 0.241 e. The lowest BCUT2D eigenvalue weighted by molar-refractivity contribution is 0.411. The molecule has 5 heteroatoms. The van der Waals surface area contributed by atoms with Gasteiger partial charge in [-0.05, 0) is 85.9 Å². The van der Waals surface area contributed by atoms with E-state index in [1.54, 1.807) is 26.2 Å². The Morgan fingerprint density at radius 3 is 2.41 bits per heavy atom. The molecule has 1 aliphatic carbocycles. The predicted octanol–water partition coefficient (Wildman–Crippen LogP) is 4.62. The van der Waals surface area contributed by atoms with Crippen molar-refractivity contribution in [3.8, 4) is 5.75 Å². The first-order valence-electron chi connectivity index (χ1n) is 9.65. The lowest BCUT2D eigenvalue weighted by Crippen LogP contribution is -2.29. The SMILES string of the molecule is CC[C@@H](NS(=O)(=O)c1cc(C)c(OC)cc1C)c1ccc2c(c1)CCCC2. The smallest absolute Gasteiger partial charge is 0.241 e. The molecule has 0 aromatic heterocycles. The molecule has 2 aromatic carbocycles. The number of sulfonamides is 1. The molecule has 146 valence electrons. The Kier molecular flexibility index (Phi) is 5.92. The van der Waals surface area contributed by atoms with Crippen molar-refractivity contribution >= 4 is 10.0 Å². The van der Waals surface area contributed by atoms with Crippen molar-refractivity contribution in [3.05, 3.63) is 58.1 Å². The topological polar surface area (TPSA) is 55.4 Å². The van der Waals surface area contributed by atoms with Crippen LogP contribution in [0.25, 0.3) is 0 Å². The Balaban J connectivity index is 1.91. The molecule has 0 amide bonds. The van der Waals surface area contributed by atoms with Gasteiger partial charge in [0, 0.05) is 6.04 Å². The van der Waals surface area contributed by atoms with E-state index in [1.807, 2.05) is 13.8 Å². The van der Waals surface area contributed by atoms with Crippen molar-refractivity contribution in [2.75, 3.05) is 7.11 Å². The number of hydrogen-bond donors (Lipinski definition) is 1. The molecule has 0 saturated carbocycles. The summed E-state index contributed by atoms with van der Waals surface area (Å²) in [6, 6.07) is 9.68. The van der Waals surface area contributed by atoms with Gasteiger partial charge in [-0.15, -0.1) is 0 Å². The van der Waals surface area contributed by atoms with E-state index < -0.39 is 10.0 Å². The lowest BCUT2D eigenvalue weighted by atomic mass is 9.89. The lowest BCUT2D eigenvalue weighted by Gasteiger charge is -2.22. The Bertz CT molecular complexity index is 935. The molecule has 1 aliphatic rings. The highest BCUT2D eigenvalue weighted by molar-refractivity contribution is 7.89. The van der Waals surface area contributed by atoms with Gasteiger partial charge in [-0.25, -0.2) is 13.1 Å². The van der Waals surface area contributed by atoms with E-state index in [4.69, 9.17) is 4.74 Å². The van der Waals surface area contributed by atoms with Gasteiger partial charge in [0.15, 0.2) is 0 Å². The average molecular weight is 388 g/mol. The van der Waals surface area contributed by atoms with Crippen LogP contribution >= 0.6 is 0 Å². The molecule has 0 aliphatic heterocycles. The van der Waals surface area contributed by atoms with Crippen LogP contribution in [0.15, 0.2) is 35.2 Å². The van der Waals surface area contributed by atoms with Gasteiger partial charge < -0.3 is 4.74 Å². The van der Waals surface area contributed by atoms with Gasteiger partial charge in [-0.1, -0.05) is 25.1 Å². The van der Waals surface area contributed by atoms with E-state index in [0.29, 0.717) is 22.6 Å². The van der Waals surface area contributed by atoms with Crippen LogP contribution in [-0.2, 0) is 22.9 Å². The summed E-state index contributed by atoms with van der Waals surface area (Å²) in [6.07, 6.45) is 5.37. The maximum atomic E-state index is 13.1. The second-order valence-corrected chi connectivity index (χ2v) is 9.09. The molecule has 3 rings (SSSR count). The Hall–Kier alpha value is -1.85. The fourth-order valence-electron chi connectivity index (χ4n) is 3.88. The van der Waals surface area contributed by atoms with E-state index in [0.717, 1.165) is 24.0 Å². The van der Waals surface area contributed by atoms with Crippen LogP contribution in [0.5, 0.6) is 5.75 Å². The first-order valence-corrected chi connectivity index (χ1v) is 11.1. The Morgan fingerprint density at radius 2 is 1.74 bits per heavy atom. The molecule has 4 nitrogen and oxygen atoms in total. The predicted molar refractivity (Wildman–Crippen MR) is 109 cm³/mol. The van der Waals surface area contributed by atoms with Crippen LogP contribution in [0.2, 0.25) is 0 Å². The van der Waals surface area contributed by atoms with Crippen molar-refractivity contribution in [2.24, 2.45) is 0 Å². The fraction of sp³-hybridized carbons (Fsp3) is 0.455. The van der Waals surface area contributed by atoms with Gasteiger partial charge in [0.2, 0.25) is 10.0 Å². The molecule has 0 fully saturated rings. The standard InChI is InChI=1S/C22H29NO3S/c1-5-20(19-11-10-17-8-6-7-9-18(17)14-19)23-27(24,25)22-13-15(2)21(26-4)12-16(22)3/h10-14,20,23H,5-9H2,1-4H3/t20-/m1/s1. The molecule has 27 heavy (non-hydrogen) atoms. The van der Waals surface area contributed by atoms with Crippen molar-refractivity contribution in [3.63, 3.8) is 0 Å². The molecule has 0 spiro atoms. The highest BCUT2D eigenvalue weighted by Crippen LogP contribution is 2.29. The molecular formula is C22H29NO3S. The number of hydrogen-bond acceptors (Lipinski definition) is 3. The minimum atomic E-state index is -3.62. The Labute approximate surface area is 163 Å². The first-order chi connectivity index (χ1) is 12.9. The van der Waals surface area contributed by atoms with Crippen LogP contribution in [-0.4, -0.2) is 15.5 Å². The quantitative estimate of drug-likeness (QED) is 0.787. The third-order valence-corrected chi connectivity index (χ3v) is 7.08. The summed E-state index contributed by atoms with van der Waals surface area (Å²) in [5.41, 5.74) is 5.32. The van der Waals surface area contributed by atoms with Gasteiger partial charge in [-0.2, -0.15) is 0 Å². The minimum Gasteiger partial charge on any atom is -0.496 e. The number of benzene rings is 2. The number of ether oxygens (including phenoxy) is 1. The first kappa shape index (κ1) is 19.9. The van der Waals surface area contributed by atoms with Crippen LogP contribution in [0.1, 0.15) is 60.0 Å². The molecule has 1 atom stereocenters. The third-order valence-electron chi connectivity index (χ3n) is 5.46. The van der Waals surface area contributed by atoms with Crippen LogP contribution < -0.4 is 9.46 Å². The highest BCUT2D eigenvalue weighted by Gasteiger charge is 2.24. The summed E-state index contributed by atoms with van der Waals surface area (Å²) in [5.74, 6) is 0.702. The second-order valence-electron chi connectivity index (χ2n) is 7.40. The van der Waals surface area contributed by atoms with Crippen molar-refractivity contribution in [2.45, 2.75) is 63.8 Å². The maximum absolute atomic E-state index is 13.1. The Morgan fingerprint density at radius 1 is 1.04 bits per heavy atom. The average Bonchev–Trinajstić information content (AvgIpc) is 2.67. The number of aryl methyl sites for hydroxylation is 4. The van der Waals surface area contributed by atoms with Crippen LogP contribution in [0.3, 0.4) is 0 Å². The number of nitrogens with one attached hydrogen (secondary N) is 1. The van der Waals surface area contributed by atoms with Crippen LogP contribution in [0.4, 0.5) is 0 Å². The van der Waals surface area contributed by atoms with Gasteiger partial charge in [0.25, 0.3) is 0 Å². The summed E-state index contributed by atoms with van der Waals surface area (Å²) < 4.78 is 34.4. The summed E-state index contributed by atoms with van der Waals surface area (Å²) >= 11 is 0. The van der Waals surface area contributed by atoms with E-state index in [1.165, 1.54) is 24.0 Å². The third kappa shape index (κ3) is 4.19. The number of rotatable bonds is 6.